The summed E-state index contributed by atoms with van der Waals surface area (Å²) in [4.78, 5) is 0. The third kappa shape index (κ3) is 2.81. The molecule has 0 saturated carbocycles. The van der Waals surface area contributed by atoms with Crippen LogP contribution in [0.1, 0.15) is 18.9 Å². The molecule has 0 amide bonds. The quantitative estimate of drug-likeness (QED) is 0.724. The van der Waals surface area contributed by atoms with Crippen LogP contribution >= 0.6 is 0 Å². The van der Waals surface area contributed by atoms with Crippen LogP contribution in [-0.4, -0.2) is 16.3 Å². The number of aromatic nitrogens is 2. The lowest BCUT2D eigenvalue weighted by molar-refractivity contribution is 0.617. The van der Waals surface area contributed by atoms with E-state index < -0.39 is 0 Å². The first kappa shape index (κ1) is 13.8. The molecule has 0 bridgehead atoms. The Bertz CT molecular complexity index is 749. The number of para-hydroxylation sites is 1. The zero-order valence-corrected chi connectivity index (χ0v) is 12.0. The molecule has 3 nitrogen and oxygen atoms in total. The number of fused-ring (bicyclic) bond motifs is 1. The summed E-state index contributed by atoms with van der Waals surface area (Å²) in [5.41, 5.74) is 2.86. The second kappa shape index (κ2) is 6.06. The van der Waals surface area contributed by atoms with E-state index in [1.807, 2.05) is 35.1 Å². The Morgan fingerprint density at radius 3 is 2.90 bits per heavy atom. The Labute approximate surface area is 123 Å². The van der Waals surface area contributed by atoms with Gasteiger partial charge in [0.15, 0.2) is 0 Å². The standard InChI is InChI=1S/C17H18FN3/c1-2-9-19-11-14-10-15(18)7-8-17(14)21-16-6-4-3-5-13(16)12-20-21/h3-8,10,12,19H,2,9,11H2,1H3. The van der Waals surface area contributed by atoms with E-state index in [9.17, 15) is 4.39 Å². The number of nitrogens with zero attached hydrogens (tertiary/aromatic N) is 2. The number of nitrogens with one attached hydrogen (secondary N) is 1. The first-order chi connectivity index (χ1) is 10.3. The van der Waals surface area contributed by atoms with Gasteiger partial charge < -0.3 is 5.32 Å². The highest BCUT2D eigenvalue weighted by Gasteiger charge is 2.10. The second-order valence-electron chi connectivity index (χ2n) is 5.06. The van der Waals surface area contributed by atoms with Gasteiger partial charge in [-0.2, -0.15) is 5.10 Å². The smallest absolute Gasteiger partial charge is 0.123 e. The summed E-state index contributed by atoms with van der Waals surface area (Å²) >= 11 is 0. The molecule has 0 saturated heterocycles. The molecule has 4 heteroatoms. The molecule has 21 heavy (non-hydrogen) atoms. The monoisotopic (exact) mass is 283 g/mol. The minimum atomic E-state index is -0.219. The van der Waals surface area contributed by atoms with Crippen molar-refractivity contribution in [2.24, 2.45) is 0 Å². The van der Waals surface area contributed by atoms with Crippen LogP contribution in [0.25, 0.3) is 16.6 Å². The number of hydrogen-bond acceptors (Lipinski definition) is 2. The Kier molecular flexibility index (Phi) is 3.97. The molecule has 0 aliphatic rings. The van der Waals surface area contributed by atoms with Gasteiger partial charge in [0, 0.05) is 11.9 Å². The van der Waals surface area contributed by atoms with Crippen LogP contribution in [0.15, 0.2) is 48.7 Å². The fourth-order valence-electron chi connectivity index (χ4n) is 2.47. The van der Waals surface area contributed by atoms with Crippen molar-refractivity contribution in [3.63, 3.8) is 0 Å². The van der Waals surface area contributed by atoms with Crippen molar-refractivity contribution >= 4 is 10.9 Å². The van der Waals surface area contributed by atoms with Gasteiger partial charge in [-0.1, -0.05) is 25.1 Å². The first-order valence-corrected chi connectivity index (χ1v) is 7.22. The van der Waals surface area contributed by atoms with E-state index in [1.54, 1.807) is 12.1 Å². The van der Waals surface area contributed by atoms with Gasteiger partial charge in [0.25, 0.3) is 0 Å². The van der Waals surface area contributed by atoms with Crippen molar-refractivity contribution in [3.05, 3.63) is 60.0 Å². The second-order valence-corrected chi connectivity index (χ2v) is 5.06. The van der Waals surface area contributed by atoms with Crippen LogP contribution in [0.2, 0.25) is 0 Å². The lowest BCUT2D eigenvalue weighted by atomic mass is 10.1. The maximum Gasteiger partial charge on any atom is 0.123 e. The predicted octanol–water partition coefficient (Wildman–Crippen LogP) is 3.66. The molecule has 0 spiro atoms. The van der Waals surface area contributed by atoms with Crippen molar-refractivity contribution in [3.8, 4) is 5.69 Å². The summed E-state index contributed by atoms with van der Waals surface area (Å²) < 4.78 is 15.4. The third-order valence-corrected chi connectivity index (χ3v) is 3.49. The molecule has 3 aromatic rings. The molecule has 2 aromatic carbocycles. The van der Waals surface area contributed by atoms with Gasteiger partial charge >= 0.3 is 0 Å². The summed E-state index contributed by atoms with van der Waals surface area (Å²) in [5.74, 6) is -0.219. The average molecular weight is 283 g/mol. The van der Waals surface area contributed by atoms with Gasteiger partial charge in [-0.3, -0.25) is 0 Å². The molecule has 108 valence electrons. The van der Waals surface area contributed by atoms with Crippen LogP contribution in [-0.2, 0) is 6.54 Å². The molecular weight excluding hydrogens is 265 g/mol. The Morgan fingerprint density at radius 2 is 2.05 bits per heavy atom. The number of hydrogen-bond donors (Lipinski definition) is 1. The molecule has 0 fully saturated rings. The lowest BCUT2D eigenvalue weighted by Gasteiger charge is -2.11. The van der Waals surface area contributed by atoms with Crippen LogP contribution in [0.3, 0.4) is 0 Å². The van der Waals surface area contributed by atoms with Gasteiger partial charge in [0.1, 0.15) is 5.82 Å². The molecule has 1 N–H and O–H groups in total. The predicted molar refractivity (Wildman–Crippen MR) is 83.0 cm³/mol. The van der Waals surface area contributed by atoms with Crippen LogP contribution in [0, 0.1) is 5.82 Å². The normalized spacial score (nSPS) is 11.1. The minimum Gasteiger partial charge on any atom is -0.313 e. The molecular formula is C17H18FN3. The SMILES string of the molecule is CCCNCc1cc(F)ccc1-n1ncc2ccccc21. The summed E-state index contributed by atoms with van der Waals surface area (Å²) in [6.45, 7) is 3.66. The highest BCUT2D eigenvalue weighted by Crippen LogP contribution is 2.21. The number of halogens is 1. The van der Waals surface area contributed by atoms with E-state index in [2.05, 4.69) is 17.3 Å². The summed E-state index contributed by atoms with van der Waals surface area (Å²) in [6.07, 6.45) is 2.89. The zero-order chi connectivity index (χ0) is 14.7. The van der Waals surface area contributed by atoms with Gasteiger partial charge in [0.2, 0.25) is 0 Å². The third-order valence-electron chi connectivity index (χ3n) is 3.49. The maximum atomic E-state index is 13.6. The largest absolute Gasteiger partial charge is 0.313 e. The van der Waals surface area contributed by atoms with E-state index in [1.165, 1.54) is 6.07 Å². The van der Waals surface area contributed by atoms with E-state index in [4.69, 9.17) is 0 Å². The molecule has 0 unspecified atom stereocenters. The fourth-order valence-corrected chi connectivity index (χ4v) is 2.47. The molecule has 1 heterocycles. The van der Waals surface area contributed by atoms with Gasteiger partial charge in [-0.05, 0) is 42.8 Å². The Balaban J connectivity index is 2.04. The highest BCUT2D eigenvalue weighted by atomic mass is 19.1. The average Bonchev–Trinajstić information content (AvgIpc) is 2.92. The molecule has 1 aromatic heterocycles. The molecule has 3 rings (SSSR count). The summed E-state index contributed by atoms with van der Waals surface area (Å²) in [6, 6.07) is 12.9. The van der Waals surface area contributed by atoms with E-state index >= 15 is 0 Å². The highest BCUT2D eigenvalue weighted by molar-refractivity contribution is 5.80. The van der Waals surface area contributed by atoms with E-state index in [-0.39, 0.29) is 5.82 Å². The maximum absolute atomic E-state index is 13.6. The first-order valence-electron chi connectivity index (χ1n) is 7.22. The van der Waals surface area contributed by atoms with E-state index in [0.717, 1.165) is 35.1 Å². The topological polar surface area (TPSA) is 29.9 Å². The number of rotatable bonds is 5. The molecule has 0 aliphatic heterocycles. The van der Waals surface area contributed by atoms with Gasteiger partial charge in [-0.15, -0.1) is 0 Å². The van der Waals surface area contributed by atoms with Gasteiger partial charge in [-0.25, -0.2) is 9.07 Å². The van der Waals surface area contributed by atoms with Crippen molar-refractivity contribution in [2.45, 2.75) is 19.9 Å². The van der Waals surface area contributed by atoms with Crippen molar-refractivity contribution in [1.29, 1.82) is 0 Å². The van der Waals surface area contributed by atoms with Crippen LogP contribution in [0.4, 0.5) is 4.39 Å². The van der Waals surface area contributed by atoms with Crippen LogP contribution in [0.5, 0.6) is 0 Å². The summed E-state index contributed by atoms with van der Waals surface area (Å²) in [7, 11) is 0. The molecule has 0 radical (unpaired) electrons. The Morgan fingerprint density at radius 1 is 1.19 bits per heavy atom. The Hall–Kier alpha value is -2.20. The molecule has 0 aliphatic carbocycles. The minimum absolute atomic E-state index is 0.219. The lowest BCUT2D eigenvalue weighted by Crippen LogP contribution is -2.16. The zero-order valence-electron chi connectivity index (χ0n) is 12.0. The number of benzene rings is 2. The summed E-state index contributed by atoms with van der Waals surface area (Å²) in [5, 5.41) is 8.85. The van der Waals surface area contributed by atoms with E-state index in [0.29, 0.717) is 6.54 Å². The van der Waals surface area contributed by atoms with Crippen LogP contribution < -0.4 is 5.32 Å². The fraction of sp³-hybridized carbons (Fsp3) is 0.235. The van der Waals surface area contributed by atoms with Crippen molar-refractivity contribution in [2.75, 3.05) is 6.54 Å². The van der Waals surface area contributed by atoms with Crippen molar-refractivity contribution < 1.29 is 4.39 Å². The van der Waals surface area contributed by atoms with Crippen molar-refractivity contribution in [1.82, 2.24) is 15.1 Å². The molecule has 0 atom stereocenters. The van der Waals surface area contributed by atoms with Gasteiger partial charge in [0.05, 0.1) is 17.4 Å².